The van der Waals surface area contributed by atoms with Crippen LogP contribution in [0.15, 0.2) is 42.5 Å². The van der Waals surface area contributed by atoms with Gasteiger partial charge >= 0.3 is 0 Å². The Morgan fingerprint density at radius 1 is 1.23 bits per heavy atom. The number of para-hydroxylation sites is 1. The number of phenolic OH excluding ortho intramolecular Hbond substituents is 1. The molecule has 1 aliphatic heterocycles. The van der Waals surface area contributed by atoms with Crippen LogP contribution in [0.3, 0.4) is 0 Å². The number of hydrogen-bond donors (Lipinski definition) is 2. The number of hydrogen-bond acceptors (Lipinski definition) is 4. The van der Waals surface area contributed by atoms with Crippen molar-refractivity contribution in [1.29, 1.82) is 0 Å². The van der Waals surface area contributed by atoms with Gasteiger partial charge in [0.15, 0.2) is 0 Å². The van der Waals surface area contributed by atoms with Gasteiger partial charge in [-0.25, -0.2) is 5.01 Å². The summed E-state index contributed by atoms with van der Waals surface area (Å²) >= 11 is 0. The molecule has 1 heterocycles. The maximum atomic E-state index is 12.4. The fraction of sp³-hybridized carbons (Fsp3) is 0.235. The van der Waals surface area contributed by atoms with Gasteiger partial charge in [0.2, 0.25) is 0 Å². The van der Waals surface area contributed by atoms with Crippen LogP contribution in [0.25, 0.3) is 0 Å². The highest BCUT2D eigenvalue weighted by Crippen LogP contribution is 2.23. The van der Waals surface area contributed by atoms with Crippen LogP contribution in [0.2, 0.25) is 0 Å². The van der Waals surface area contributed by atoms with E-state index in [2.05, 4.69) is 5.43 Å². The second-order valence-electron chi connectivity index (χ2n) is 5.27. The maximum absolute atomic E-state index is 12.4. The number of carbonyl (C=O) groups excluding carboxylic acids is 1. The van der Waals surface area contributed by atoms with Crippen molar-refractivity contribution in [2.24, 2.45) is 0 Å². The number of carbonyl (C=O) groups is 1. The Morgan fingerprint density at radius 3 is 2.86 bits per heavy atom. The van der Waals surface area contributed by atoms with Gasteiger partial charge < -0.3 is 9.84 Å². The minimum atomic E-state index is -0.193. The normalized spacial score (nSPS) is 14.2. The van der Waals surface area contributed by atoms with Crippen LogP contribution in [0.4, 0.5) is 0 Å². The second-order valence-corrected chi connectivity index (χ2v) is 5.27. The molecule has 0 spiro atoms. The summed E-state index contributed by atoms with van der Waals surface area (Å²) in [5, 5.41) is 11.4. The molecule has 0 atom stereocenters. The van der Waals surface area contributed by atoms with Crippen molar-refractivity contribution in [2.75, 3.05) is 13.7 Å². The largest absolute Gasteiger partial charge is 0.508 e. The van der Waals surface area contributed by atoms with Crippen LogP contribution in [-0.2, 0) is 13.0 Å². The highest BCUT2D eigenvalue weighted by atomic mass is 16.5. The number of benzene rings is 2. The second kappa shape index (κ2) is 6.07. The zero-order chi connectivity index (χ0) is 15.5. The lowest BCUT2D eigenvalue weighted by atomic mass is 10.0. The minimum absolute atomic E-state index is 0.193. The smallest absolute Gasteiger partial charge is 0.269 e. The zero-order valence-corrected chi connectivity index (χ0v) is 12.4. The summed E-state index contributed by atoms with van der Waals surface area (Å²) in [6.07, 6.45) is 0.835. The molecule has 2 aromatic carbocycles. The Kier molecular flexibility index (Phi) is 3.98. The van der Waals surface area contributed by atoms with E-state index in [1.807, 2.05) is 17.1 Å². The first-order chi connectivity index (χ1) is 10.7. The number of ether oxygens (including phenoxy) is 1. The van der Waals surface area contributed by atoms with Gasteiger partial charge in [-0.05, 0) is 41.8 Å². The van der Waals surface area contributed by atoms with E-state index >= 15 is 0 Å². The Hall–Kier alpha value is -2.53. The molecule has 22 heavy (non-hydrogen) atoms. The molecule has 1 aliphatic rings. The van der Waals surface area contributed by atoms with E-state index in [1.54, 1.807) is 37.4 Å². The van der Waals surface area contributed by atoms with Crippen LogP contribution in [0.1, 0.15) is 21.5 Å². The van der Waals surface area contributed by atoms with Gasteiger partial charge in [-0.3, -0.25) is 10.2 Å². The van der Waals surface area contributed by atoms with Crippen molar-refractivity contribution in [2.45, 2.75) is 13.0 Å². The van der Waals surface area contributed by atoms with E-state index < -0.39 is 0 Å². The zero-order valence-electron chi connectivity index (χ0n) is 12.4. The monoisotopic (exact) mass is 298 g/mol. The summed E-state index contributed by atoms with van der Waals surface area (Å²) in [7, 11) is 1.55. The Morgan fingerprint density at radius 2 is 2.05 bits per heavy atom. The summed E-state index contributed by atoms with van der Waals surface area (Å²) in [6.45, 7) is 1.31. The van der Waals surface area contributed by atoms with Gasteiger partial charge in [-0.2, -0.15) is 0 Å². The van der Waals surface area contributed by atoms with E-state index in [9.17, 15) is 9.90 Å². The molecular weight excluding hydrogens is 280 g/mol. The highest BCUT2D eigenvalue weighted by Gasteiger charge is 2.20. The van der Waals surface area contributed by atoms with E-state index in [4.69, 9.17) is 4.74 Å². The van der Waals surface area contributed by atoms with Crippen molar-refractivity contribution >= 4 is 5.91 Å². The number of methoxy groups -OCH3 is 1. The number of fused-ring (bicyclic) bond motifs is 1. The first-order valence-corrected chi connectivity index (χ1v) is 7.17. The van der Waals surface area contributed by atoms with Gasteiger partial charge in [0, 0.05) is 13.1 Å². The summed E-state index contributed by atoms with van der Waals surface area (Å²) < 4.78 is 5.22. The van der Waals surface area contributed by atoms with Gasteiger partial charge in [0.25, 0.3) is 5.91 Å². The Labute approximate surface area is 129 Å². The molecule has 3 rings (SSSR count). The van der Waals surface area contributed by atoms with Gasteiger partial charge in [0.1, 0.15) is 11.5 Å². The van der Waals surface area contributed by atoms with E-state index in [0.29, 0.717) is 17.9 Å². The first kappa shape index (κ1) is 14.4. The molecule has 0 saturated carbocycles. The average molecular weight is 298 g/mol. The third-order valence-corrected chi connectivity index (χ3v) is 3.81. The molecule has 0 bridgehead atoms. The van der Waals surface area contributed by atoms with Crippen LogP contribution < -0.4 is 10.2 Å². The first-order valence-electron chi connectivity index (χ1n) is 7.17. The number of rotatable bonds is 3. The molecule has 0 aromatic heterocycles. The molecule has 0 radical (unpaired) electrons. The maximum Gasteiger partial charge on any atom is 0.269 e. The topological polar surface area (TPSA) is 61.8 Å². The number of hydrazine groups is 1. The molecule has 0 unspecified atom stereocenters. The highest BCUT2D eigenvalue weighted by molar-refractivity contribution is 5.96. The van der Waals surface area contributed by atoms with Gasteiger partial charge in [-0.1, -0.05) is 18.2 Å². The van der Waals surface area contributed by atoms with Crippen LogP contribution >= 0.6 is 0 Å². The summed E-state index contributed by atoms with van der Waals surface area (Å²) in [4.78, 5) is 12.4. The van der Waals surface area contributed by atoms with Gasteiger partial charge in [0.05, 0.1) is 12.7 Å². The third-order valence-electron chi connectivity index (χ3n) is 3.81. The van der Waals surface area contributed by atoms with Crippen molar-refractivity contribution in [3.8, 4) is 11.5 Å². The summed E-state index contributed by atoms with van der Waals surface area (Å²) in [5.74, 6) is 0.604. The summed E-state index contributed by atoms with van der Waals surface area (Å²) in [5.41, 5.74) is 5.65. The van der Waals surface area contributed by atoms with Crippen molar-refractivity contribution in [3.05, 3.63) is 59.2 Å². The fourth-order valence-electron chi connectivity index (χ4n) is 2.67. The molecular formula is C17H18N2O3. The summed E-state index contributed by atoms with van der Waals surface area (Å²) in [6, 6.07) is 12.5. The Balaban J connectivity index is 1.73. The molecule has 1 amide bonds. The lowest BCUT2D eigenvalue weighted by Gasteiger charge is -2.29. The van der Waals surface area contributed by atoms with Crippen LogP contribution in [-0.4, -0.2) is 29.7 Å². The number of aromatic hydroxyl groups is 1. The molecule has 114 valence electrons. The van der Waals surface area contributed by atoms with E-state index in [1.165, 1.54) is 5.56 Å². The molecule has 0 fully saturated rings. The van der Waals surface area contributed by atoms with E-state index in [0.717, 1.165) is 18.5 Å². The van der Waals surface area contributed by atoms with E-state index in [-0.39, 0.29) is 11.7 Å². The molecule has 5 nitrogen and oxygen atoms in total. The molecule has 2 aromatic rings. The fourth-order valence-corrected chi connectivity index (χ4v) is 2.67. The van der Waals surface area contributed by atoms with Crippen molar-refractivity contribution < 1.29 is 14.6 Å². The lowest BCUT2D eigenvalue weighted by Crippen LogP contribution is -2.45. The molecule has 0 saturated heterocycles. The van der Waals surface area contributed by atoms with Crippen molar-refractivity contribution in [1.82, 2.24) is 10.4 Å². The lowest BCUT2D eigenvalue weighted by molar-refractivity contribution is 0.0760. The quantitative estimate of drug-likeness (QED) is 0.911. The number of amides is 1. The average Bonchev–Trinajstić information content (AvgIpc) is 2.54. The third kappa shape index (κ3) is 2.89. The molecule has 2 N–H and O–H groups in total. The van der Waals surface area contributed by atoms with Gasteiger partial charge in [-0.15, -0.1) is 0 Å². The van der Waals surface area contributed by atoms with Crippen LogP contribution in [0, 0.1) is 0 Å². The number of nitrogens with one attached hydrogen (secondary N) is 1. The standard InChI is InChI=1S/C17H18N2O3/c1-22-16-5-3-2-4-15(16)17(21)18-19-9-8-12-6-7-14(20)10-13(12)11-19/h2-7,10,20H,8-9,11H2,1H3,(H,18,21). The minimum Gasteiger partial charge on any atom is -0.508 e. The predicted octanol–water partition coefficient (Wildman–Crippen LogP) is 2.10. The number of nitrogens with zero attached hydrogens (tertiary/aromatic N) is 1. The molecule has 5 heteroatoms. The SMILES string of the molecule is COc1ccccc1C(=O)NN1CCc2ccc(O)cc2C1. The van der Waals surface area contributed by atoms with Crippen LogP contribution in [0.5, 0.6) is 11.5 Å². The van der Waals surface area contributed by atoms with Crippen molar-refractivity contribution in [3.63, 3.8) is 0 Å². The molecule has 0 aliphatic carbocycles. The Bertz CT molecular complexity index is 700. The number of phenols is 1. The predicted molar refractivity (Wildman–Crippen MR) is 82.7 cm³/mol.